The van der Waals surface area contributed by atoms with Crippen LogP contribution in [-0.4, -0.2) is 14.9 Å². The fraction of sp³-hybridized carbons (Fsp3) is 0.407. The Labute approximate surface area is 179 Å². The summed E-state index contributed by atoms with van der Waals surface area (Å²) >= 11 is 0. The molecule has 2 rings (SSSR count). The van der Waals surface area contributed by atoms with Crippen molar-refractivity contribution in [2.45, 2.75) is 58.4 Å². The maximum absolute atomic E-state index is 6.93. The molecule has 2 aromatic carbocycles. The molecule has 0 aliphatic carbocycles. The van der Waals surface area contributed by atoms with E-state index in [0.29, 0.717) is 5.92 Å². The highest BCUT2D eigenvalue weighted by Gasteiger charge is 2.49. The lowest BCUT2D eigenvalue weighted by molar-refractivity contribution is 0.291. The van der Waals surface area contributed by atoms with E-state index in [4.69, 9.17) is 10.8 Å². The molecule has 0 saturated carbocycles. The van der Waals surface area contributed by atoms with Crippen molar-refractivity contribution in [2.24, 2.45) is 5.92 Å². The largest absolute Gasteiger partial charge is 0.407 e. The Morgan fingerprint density at radius 2 is 1.52 bits per heavy atom. The normalized spacial score (nSPS) is 12.9. The van der Waals surface area contributed by atoms with Crippen molar-refractivity contribution in [1.82, 2.24) is 0 Å². The zero-order valence-electron chi connectivity index (χ0n) is 18.6. The Bertz CT molecular complexity index is 756. The van der Waals surface area contributed by atoms with Crippen LogP contribution in [0.15, 0.2) is 72.8 Å². The van der Waals surface area contributed by atoms with E-state index >= 15 is 0 Å². The number of hydrogen-bond donors (Lipinski definition) is 0. The van der Waals surface area contributed by atoms with E-state index < -0.39 is 8.32 Å². The number of hydrogen-bond acceptors (Lipinski definition) is 1. The third-order valence-electron chi connectivity index (χ3n) is 5.63. The second kappa shape index (κ2) is 10.6. The van der Waals surface area contributed by atoms with Gasteiger partial charge in [-0.3, -0.25) is 0 Å². The van der Waals surface area contributed by atoms with Gasteiger partial charge in [0.25, 0.3) is 8.32 Å². The van der Waals surface area contributed by atoms with Gasteiger partial charge in [0.15, 0.2) is 0 Å². The molecule has 0 aliphatic rings. The van der Waals surface area contributed by atoms with Gasteiger partial charge in [-0.2, -0.15) is 0 Å². The first-order valence-corrected chi connectivity index (χ1v) is 12.6. The summed E-state index contributed by atoms with van der Waals surface area (Å²) in [5.41, 5.74) is 1.28. The van der Waals surface area contributed by atoms with Crippen LogP contribution >= 0.6 is 0 Å². The smallest absolute Gasteiger partial charge is 0.261 e. The van der Waals surface area contributed by atoms with Crippen molar-refractivity contribution < 1.29 is 4.43 Å². The lowest BCUT2D eigenvalue weighted by Gasteiger charge is -2.43. The molecule has 0 radical (unpaired) electrons. The molecule has 29 heavy (non-hydrogen) atoms. The van der Waals surface area contributed by atoms with E-state index in [0.717, 1.165) is 32.3 Å². The van der Waals surface area contributed by atoms with Crippen LogP contribution in [0.1, 0.15) is 53.4 Å². The van der Waals surface area contributed by atoms with Crippen LogP contribution in [0.5, 0.6) is 0 Å². The van der Waals surface area contributed by atoms with E-state index in [1.165, 1.54) is 15.9 Å². The molecule has 0 heterocycles. The number of rotatable bonds is 10. The molecule has 2 aromatic rings. The van der Waals surface area contributed by atoms with Gasteiger partial charge in [-0.1, -0.05) is 101 Å². The van der Waals surface area contributed by atoms with Crippen LogP contribution in [0.2, 0.25) is 5.04 Å². The lowest BCUT2D eigenvalue weighted by Crippen LogP contribution is -2.66. The van der Waals surface area contributed by atoms with Crippen molar-refractivity contribution in [3.63, 3.8) is 0 Å². The predicted molar refractivity (Wildman–Crippen MR) is 129 cm³/mol. The highest BCUT2D eigenvalue weighted by molar-refractivity contribution is 6.99. The van der Waals surface area contributed by atoms with Crippen LogP contribution in [-0.2, 0) is 4.43 Å². The summed E-state index contributed by atoms with van der Waals surface area (Å²) in [7, 11) is -2.42. The molecule has 0 aromatic heterocycles. The minimum Gasteiger partial charge on any atom is -0.407 e. The zero-order valence-corrected chi connectivity index (χ0v) is 19.6. The lowest BCUT2D eigenvalue weighted by atomic mass is 10.0. The molecule has 1 unspecified atom stereocenters. The summed E-state index contributed by atoms with van der Waals surface area (Å²) in [5, 5.41) is 2.69. The summed E-state index contributed by atoms with van der Waals surface area (Å²) in [5.74, 6) is 3.12. The molecule has 2 heteroatoms. The minimum atomic E-state index is -2.42. The topological polar surface area (TPSA) is 9.23 Å². The van der Waals surface area contributed by atoms with E-state index in [9.17, 15) is 0 Å². The molecule has 1 atom stereocenters. The molecule has 0 fully saturated rings. The zero-order chi connectivity index (χ0) is 21.3. The van der Waals surface area contributed by atoms with Gasteiger partial charge in [0.2, 0.25) is 0 Å². The van der Waals surface area contributed by atoms with Crippen LogP contribution < -0.4 is 10.4 Å². The molecule has 0 bridgehead atoms. The summed E-state index contributed by atoms with van der Waals surface area (Å²) in [6.45, 7) is 14.0. The van der Waals surface area contributed by atoms with Crippen LogP contribution in [0.3, 0.4) is 0 Å². The number of terminal acetylenes is 1. The van der Waals surface area contributed by atoms with Crippen molar-refractivity contribution in [3.05, 3.63) is 72.8 Å². The SMILES string of the molecule is C#CC(C)CCC(=C)CCCO[Si](c1ccccc1)(c1ccccc1)C(C)(C)C. The number of benzene rings is 2. The summed E-state index contributed by atoms with van der Waals surface area (Å²) in [4.78, 5) is 0. The first kappa shape index (κ1) is 23.2. The van der Waals surface area contributed by atoms with E-state index in [1.54, 1.807) is 0 Å². The maximum Gasteiger partial charge on any atom is 0.261 e. The van der Waals surface area contributed by atoms with Crippen LogP contribution in [0, 0.1) is 18.3 Å². The number of allylic oxidation sites excluding steroid dienone is 1. The van der Waals surface area contributed by atoms with Crippen molar-refractivity contribution in [1.29, 1.82) is 0 Å². The second-order valence-corrected chi connectivity index (χ2v) is 13.3. The van der Waals surface area contributed by atoms with Crippen molar-refractivity contribution >= 4 is 18.7 Å². The molecule has 0 N–H and O–H groups in total. The molecule has 154 valence electrons. The quantitative estimate of drug-likeness (QED) is 0.206. The average Bonchev–Trinajstić information content (AvgIpc) is 2.72. The predicted octanol–water partition coefficient (Wildman–Crippen LogP) is 5.95. The fourth-order valence-electron chi connectivity index (χ4n) is 3.94. The second-order valence-electron chi connectivity index (χ2n) is 8.97. The molecular weight excluding hydrogens is 368 g/mol. The third kappa shape index (κ3) is 5.95. The first-order valence-electron chi connectivity index (χ1n) is 10.7. The summed E-state index contributed by atoms with van der Waals surface area (Å²) < 4.78 is 6.93. The standard InChI is InChI=1S/C27H36OSi/c1-7-23(2)20-21-24(3)15-14-22-28-29(27(4,5)6,25-16-10-8-11-17-25)26-18-12-9-13-19-26/h1,8-13,16-19,23H,3,14-15,20-22H2,2,4-6H3. The minimum absolute atomic E-state index is 0.0228. The van der Waals surface area contributed by atoms with E-state index in [2.05, 4.69) is 101 Å². The molecular formula is C27H36OSi. The Morgan fingerprint density at radius 3 is 1.97 bits per heavy atom. The van der Waals surface area contributed by atoms with Gasteiger partial charge in [-0.05, 0) is 41.1 Å². The Hall–Kier alpha value is -2.08. The van der Waals surface area contributed by atoms with Gasteiger partial charge in [0, 0.05) is 12.5 Å². The van der Waals surface area contributed by atoms with E-state index in [1.807, 2.05) is 0 Å². The van der Waals surface area contributed by atoms with E-state index in [-0.39, 0.29) is 5.04 Å². The van der Waals surface area contributed by atoms with Crippen LogP contribution in [0.25, 0.3) is 0 Å². The van der Waals surface area contributed by atoms with Crippen molar-refractivity contribution in [2.75, 3.05) is 6.61 Å². The Kier molecular flexibility index (Phi) is 8.50. The summed E-state index contributed by atoms with van der Waals surface area (Å²) in [6.07, 6.45) is 9.50. The fourth-order valence-corrected chi connectivity index (χ4v) is 8.54. The highest BCUT2D eigenvalue weighted by atomic mass is 28.4. The third-order valence-corrected chi connectivity index (χ3v) is 10.7. The molecule has 0 spiro atoms. The Morgan fingerprint density at radius 1 is 1.00 bits per heavy atom. The van der Waals surface area contributed by atoms with Gasteiger partial charge in [-0.15, -0.1) is 12.3 Å². The Balaban J connectivity index is 2.17. The molecule has 1 nitrogen and oxygen atoms in total. The average molecular weight is 405 g/mol. The van der Waals surface area contributed by atoms with Gasteiger partial charge in [0.05, 0.1) is 0 Å². The highest BCUT2D eigenvalue weighted by Crippen LogP contribution is 2.36. The first-order chi connectivity index (χ1) is 13.8. The monoisotopic (exact) mass is 404 g/mol. The van der Waals surface area contributed by atoms with Crippen molar-refractivity contribution in [3.8, 4) is 12.3 Å². The molecule has 0 aliphatic heterocycles. The maximum atomic E-state index is 6.93. The van der Waals surface area contributed by atoms with Gasteiger partial charge in [0.1, 0.15) is 0 Å². The van der Waals surface area contributed by atoms with Gasteiger partial charge in [-0.25, -0.2) is 0 Å². The molecule has 0 saturated heterocycles. The summed E-state index contributed by atoms with van der Waals surface area (Å²) in [6, 6.07) is 21.6. The van der Waals surface area contributed by atoms with Gasteiger partial charge < -0.3 is 4.43 Å². The van der Waals surface area contributed by atoms with Crippen LogP contribution in [0.4, 0.5) is 0 Å². The molecule has 0 amide bonds. The van der Waals surface area contributed by atoms with Gasteiger partial charge >= 0.3 is 0 Å².